The molecule has 0 aliphatic carbocycles. The first-order chi connectivity index (χ1) is 27.9. The second-order valence-electron chi connectivity index (χ2n) is 14.3. The minimum Gasteiger partial charge on any atom is -0.363 e. The maximum Gasteiger partial charge on any atom is 0.416 e. The maximum atomic E-state index is 13.2. The van der Waals surface area contributed by atoms with Gasteiger partial charge in [-0.15, -0.1) is 0 Å². The van der Waals surface area contributed by atoms with Crippen molar-refractivity contribution in [3.8, 4) is 0 Å². The average molecular weight is 865 g/mol. The molecule has 0 saturated carbocycles. The Morgan fingerprint density at radius 1 is 0.678 bits per heavy atom. The monoisotopic (exact) mass is 864 g/mol. The predicted molar refractivity (Wildman–Crippen MR) is 212 cm³/mol. The second kappa shape index (κ2) is 18.3. The SMILES string of the molecule is O=C(Nc1ccc(/C=C/c2ccc(NCOC[C@@H]3CCCN3S(=O)(=O)Cc3cccc(C(F)(F)F)c3)cc2)cc1)[C@@H]1CCCN1S(=O)(=O)Cc1cccc(C(F)(F)F)c1. The summed E-state index contributed by atoms with van der Waals surface area (Å²) in [7, 11) is -7.96. The summed E-state index contributed by atoms with van der Waals surface area (Å²) >= 11 is 0. The molecular weight excluding hydrogens is 823 g/mol. The van der Waals surface area contributed by atoms with Gasteiger partial charge in [0.05, 0.1) is 29.2 Å². The molecule has 6 rings (SSSR count). The van der Waals surface area contributed by atoms with Crippen molar-refractivity contribution < 1.29 is 52.7 Å². The summed E-state index contributed by atoms with van der Waals surface area (Å²) in [4.78, 5) is 13.2. The van der Waals surface area contributed by atoms with Crippen LogP contribution in [0.25, 0.3) is 12.2 Å². The van der Waals surface area contributed by atoms with E-state index < -0.39 is 73.0 Å². The number of nitrogens with zero attached hydrogens (tertiary/aromatic N) is 2. The van der Waals surface area contributed by atoms with Gasteiger partial charge in [-0.1, -0.05) is 72.8 Å². The number of anilines is 2. The highest BCUT2D eigenvalue weighted by molar-refractivity contribution is 7.88. The first kappa shape index (κ1) is 43.8. The van der Waals surface area contributed by atoms with Crippen LogP contribution in [0.5, 0.6) is 0 Å². The van der Waals surface area contributed by atoms with E-state index in [2.05, 4.69) is 10.6 Å². The van der Waals surface area contributed by atoms with E-state index in [4.69, 9.17) is 4.74 Å². The van der Waals surface area contributed by atoms with E-state index in [-0.39, 0.29) is 44.0 Å². The number of sulfonamides is 2. The van der Waals surface area contributed by atoms with Gasteiger partial charge < -0.3 is 15.4 Å². The average Bonchev–Trinajstić information content (AvgIpc) is 3.88. The molecule has 4 aromatic carbocycles. The summed E-state index contributed by atoms with van der Waals surface area (Å²) in [6.45, 7) is 0.572. The molecule has 0 unspecified atom stereocenters. The van der Waals surface area contributed by atoms with Crippen LogP contribution in [0.3, 0.4) is 0 Å². The van der Waals surface area contributed by atoms with Crippen molar-refractivity contribution in [2.75, 3.05) is 37.1 Å². The minimum absolute atomic E-state index is 0.0189. The van der Waals surface area contributed by atoms with Crippen LogP contribution < -0.4 is 10.6 Å². The fourth-order valence-electron chi connectivity index (χ4n) is 7.08. The first-order valence-corrected chi connectivity index (χ1v) is 21.9. The lowest BCUT2D eigenvalue weighted by Gasteiger charge is -2.24. The molecule has 2 fully saturated rings. The van der Waals surface area contributed by atoms with Crippen molar-refractivity contribution in [3.05, 3.63) is 130 Å². The molecule has 2 aliphatic heterocycles. The zero-order valence-corrected chi connectivity index (χ0v) is 33.2. The summed E-state index contributed by atoms with van der Waals surface area (Å²) in [5.74, 6) is -1.72. The van der Waals surface area contributed by atoms with Gasteiger partial charge in [-0.05, 0) is 84.3 Å². The lowest BCUT2D eigenvalue weighted by molar-refractivity contribution is -0.138. The summed E-state index contributed by atoms with van der Waals surface area (Å²) in [5.41, 5.74) is 1.12. The Kier molecular flexibility index (Phi) is 13.6. The number of amides is 1. The maximum absolute atomic E-state index is 13.2. The standard InChI is InChI=1S/C41H42F6N4O6S2/c42-40(43,44)33-7-1-5-31(23-33)26-58(53,54)50-21-3-9-37(50)25-57-28-48-35-17-13-29(14-18-35)11-12-30-15-19-36(20-16-30)49-39(52)38-10-4-22-51(38)59(55,56)27-32-6-2-8-34(24-32)41(45,46)47/h1-2,5-8,11-20,23-24,37-38,48H,3-4,9-10,21-22,25-28H2,(H,49,52)/b12-11+/t37-,38-/m0/s1. The highest BCUT2D eigenvalue weighted by Gasteiger charge is 2.39. The van der Waals surface area contributed by atoms with Crippen LogP contribution >= 0.6 is 0 Å². The number of hydrogen-bond donors (Lipinski definition) is 2. The minimum atomic E-state index is -4.61. The Hall–Kier alpha value is -4.75. The zero-order chi connectivity index (χ0) is 42.4. The van der Waals surface area contributed by atoms with E-state index in [0.29, 0.717) is 24.9 Å². The molecule has 18 heteroatoms. The zero-order valence-electron chi connectivity index (χ0n) is 31.5. The highest BCUT2D eigenvalue weighted by atomic mass is 32.2. The van der Waals surface area contributed by atoms with Crippen LogP contribution in [-0.2, 0) is 53.4 Å². The fourth-order valence-corrected chi connectivity index (χ4v) is 10.6. The summed E-state index contributed by atoms with van der Waals surface area (Å²) in [6.07, 6.45) is -3.53. The van der Waals surface area contributed by atoms with Crippen LogP contribution in [0.15, 0.2) is 97.1 Å². The smallest absolute Gasteiger partial charge is 0.363 e. The van der Waals surface area contributed by atoms with Crippen LogP contribution in [0, 0.1) is 0 Å². The first-order valence-electron chi connectivity index (χ1n) is 18.7. The van der Waals surface area contributed by atoms with E-state index in [0.717, 1.165) is 51.5 Å². The lowest BCUT2D eigenvalue weighted by atomic mass is 10.1. The van der Waals surface area contributed by atoms with Gasteiger partial charge in [0.1, 0.15) is 12.8 Å². The number of ether oxygens (including phenoxy) is 1. The summed E-state index contributed by atoms with van der Waals surface area (Å²) < 4.78 is 140. The Balaban J connectivity index is 0.947. The number of hydrogen-bond acceptors (Lipinski definition) is 7. The van der Waals surface area contributed by atoms with Crippen LogP contribution in [-0.4, -0.2) is 69.9 Å². The molecule has 10 nitrogen and oxygen atoms in total. The number of rotatable bonds is 15. The third-order valence-corrected chi connectivity index (χ3v) is 13.7. The van der Waals surface area contributed by atoms with Crippen LogP contribution in [0.2, 0.25) is 0 Å². The molecule has 4 aromatic rings. The molecule has 0 bridgehead atoms. The van der Waals surface area contributed by atoms with Gasteiger partial charge in [-0.25, -0.2) is 16.8 Å². The molecule has 0 radical (unpaired) electrons. The largest absolute Gasteiger partial charge is 0.416 e. The second-order valence-corrected chi connectivity index (χ2v) is 18.2. The quantitative estimate of drug-likeness (QED) is 0.0535. The molecule has 316 valence electrons. The lowest BCUT2D eigenvalue weighted by Crippen LogP contribution is -2.43. The number of benzene rings is 4. The third-order valence-electron chi connectivity index (χ3n) is 10.00. The molecule has 0 spiro atoms. The number of halogens is 6. The molecule has 0 aromatic heterocycles. The number of carbonyl (C=O) groups is 1. The van der Waals surface area contributed by atoms with E-state index >= 15 is 0 Å². The van der Waals surface area contributed by atoms with Crippen LogP contribution in [0.4, 0.5) is 37.7 Å². The highest BCUT2D eigenvalue weighted by Crippen LogP contribution is 2.33. The van der Waals surface area contributed by atoms with Gasteiger partial charge in [0, 0.05) is 30.5 Å². The van der Waals surface area contributed by atoms with Crippen molar-refractivity contribution in [2.24, 2.45) is 0 Å². The predicted octanol–water partition coefficient (Wildman–Crippen LogP) is 8.21. The molecular formula is C41H42F6N4O6S2. The van der Waals surface area contributed by atoms with Gasteiger partial charge in [0.2, 0.25) is 26.0 Å². The molecule has 2 N–H and O–H groups in total. The Morgan fingerprint density at radius 2 is 1.17 bits per heavy atom. The van der Waals surface area contributed by atoms with Crippen molar-refractivity contribution in [3.63, 3.8) is 0 Å². The molecule has 2 atom stereocenters. The number of alkyl halides is 6. The van der Waals surface area contributed by atoms with E-state index in [1.807, 2.05) is 36.4 Å². The van der Waals surface area contributed by atoms with Crippen molar-refractivity contribution in [1.82, 2.24) is 8.61 Å². The van der Waals surface area contributed by atoms with E-state index in [9.17, 15) is 48.0 Å². The van der Waals surface area contributed by atoms with Crippen LogP contribution in [0.1, 0.15) is 59.1 Å². The van der Waals surface area contributed by atoms with Crippen molar-refractivity contribution in [2.45, 2.75) is 61.6 Å². The summed E-state index contributed by atoms with van der Waals surface area (Å²) in [5, 5.41) is 5.88. The fraction of sp³-hybridized carbons (Fsp3) is 0.341. The van der Waals surface area contributed by atoms with Gasteiger partial charge >= 0.3 is 12.4 Å². The number of carbonyl (C=O) groups excluding carboxylic acids is 1. The Bertz CT molecular complexity index is 2340. The molecule has 2 heterocycles. The Morgan fingerprint density at radius 3 is 1.71 bits per heavy atom. The molecule has 59 heavy (non-hydrogen) atoms. The topological polar surface area (TPSA) is 125 Å². The van der Waals surface area contributed by atoms with E-state index in [1.165, 1.54) is 22.5 Å². The van der Waals surface area contributed by atoms with Crippen molar-refractivity contribution >= 4 is 49.5 Å². The third kappa shape index (κ3) is 11.7. The Labute approximate surface area is 339 Å². The van der Waals surface area contributed by atoms with Gasteiger partial charge in [-0.3, -0.25) is 4.79 Å². The van der Waals surface area contributed by atoms with Gasteiger partial charge in [0.25, 0.3) is 0 Å². The molecule has 2 saturated heterocycles. The molecule has 2 aliphatic rings. The normalized spacial score (nSPS) is 18.4. The van der Waals surface area contributed by atoms with Crippen molar-refractivity contribution in [1.29, 1.82) is 0 Å². The number of nitrogens with one attached hydrogen (secondary N) is 2. The van der Waals surface area contributed by atoms with Gasteiger partial charge in [0.15, 0.2) is 0 Å². The summed E-state index contributed by atoms with van der Waals surface area (Å²) in [6, 6.07) is 21.4. The van der Waals surface area contributed by atoms with Gasteiger partial charge in [-0.2, -0.15) is 35.0 Å². The van der Waals surface area contributed by atoms with E-state index in [1.54, 1.807) is 24.3 Å². The molecule has 1 amide bonds.